The van der Waals surface area contributed by atoms with Gasteiger partial charge < -0.3 is 10.0 Å². The second kappa shape index (κ2) is 5.50. The van der Waals surface area contributed by atoms with E-state index in [9.17, 15) is 9.90 Å². The minimum Gasteiger partial charge on any atom is -0.391 e. The Balaban J connectivity index is 2.48. The van der Waals surface area contributed by atoms with Crippen molar-refractivity contribution in [3.8, 4) is 0 Å². The molecule has 15 heavy (non-hydrogen) atoms. The molecule has 3 nitrogen and oxygen atoms in total. The molecule has 0 aliphatic carbocycles. The number of carbonyl (C=O) groups is 1. The van der Waals surface area contributed by atoms with Crippen LogP contribution in [-0.2, 0) is 4.79 Å². The van der Waals surface area contributed by atoms with Crippen molar-refractivity contribution in [3.05, 3.63) is 0 Å². The second-order valence-corrected chi connectivity index (χ2v) is 5.08. The van der Waals surface area contributed by atoms with Gasteiger partial charge in [0.05, 0.1) is 6.10 Å². The van der Waals surface area contributed by atoms with Gasteiger partial charge >= 0.3 is 0 Å². The zero-order valence-electron chi connectivity index (χ0n) is 10.1. The molecule has 0 bridgehead atoms. The Morgan fingerprint density at radius 1 is 1.47 bits per heavy atom. The zero-order chi connectivity index (χ0) is 11.4. The first-order valence-electron chi connectivity index (χ1n) is 5.96. The largest absolute Gasteiger partial charge is 0.391 e. The van der Waals surface area contributed by atoms with Crippen LogP contribution in [0.5, 0.6) is 0 Å². The maximum Gasteiger partial charge on any atom is 0.222 e. The van der Waals surface area contributed by atoms with E-state index in [1.807, 2.05) is 18.7 Å². The molecule has 0 aromatic heterocycles. The minimum absolute atomic E-state index is 0.207. The summed E-state index contributed by atoms with van der Waals surface area (Å²) in [7, 11) is 0. The number of hydrogen-bond acceptors (Lipinski definition) is 2. The van der Waals surface area contributed by atoms with Gasteiger partial charge in [-0.2, -0.15) is 0 Å². The van der Waals surface area contributed by atoms with Crippen molar-refractivity contribution in [2.24, 2.45) is 11.8 Å². The van der Waals surface area contributed by atoms with Gasteiger partial charge in [-0.1, -0.05) is 20.8 Å². The fraction of sp³-hybridized carbons (Fsp3) is 0.917. The van der Waals surface area contributed by atoms with Crippen LogP contribution in [0, 0.1) is 11.8 Å². The van der Waals surface area contributed by atoms with E-state index in [-0.39, 0.29) is 17.9 Å². The highest BCUT2D eigenvalue weighted by Crippen LogP contribution is 2.18. The van der Waals surface area contributed by atoms with Gasteiger partial charge in [0.15, 0.2) is 0 Å². The van der Waals surface area contributed by atoms with E-state index in [1.165, 1.54) is 0 Å². The molecule has 0 saturated carbocycles. The Hall–Kier alpha value is -0.570. The summed E-state index contributed by atoms with van der Waals surface area (Å²) in [5, 5.41) is 9.76. The first-order valence-corrected chi connectivity index (χ1v) is 5.96. The molecule has 1 saturated heterocycles. The van der Waals surface area contributed by atoms with Crippen LogP contribution < -0.4 is 0 Å². The van der Waals surface area contributed by atoms with Gasteiger partial charge in [0, 0.05) is 19.5 Å². The van der Waals surface area contributed by atoms with Crippen molar-refractivity contribution < 1.29 is 9.90 Å². The number of hydrogen-bond donors (Lipinski definition) is 1. The smallest absolute Gasteiger partial charge is 0.222 e. The molecule has 1 aliphatic rings. The lowest BCUT2D eigenvalue weighted by Gasteiger charge is -2.25. The third-order valence-electron chi connectivity index (χ3n) is 3.27. The number of aliphatic hydroxyl groups is 1. The van der Waals surface area contributed by atoms with E-state index >= 15 is 0 Å². The molecular formula is C12H23NO2. The summed E-state index contributed by atoms with van der Waals surface area (Å²) in [6.07, 6.45) is 2.32. The van der Waals surface area contributed by atoms with Crippen LogP contribution >= 0.6 is 0 Å². The topological polar surface area (TPSA) is 40.5 Å². The van der Waals surface area contributed by atoms with Crippen molar-refractivity contribution in [2.75, 3.05) is 13.1 Å². The predicted molar refractivity (Wildman–Crippen MR) is 60.4 cm³/mol. The van der Waals surface area contributed by atoms with Crippen LogP contribution in [0.4, 0.5) is 0 Å². The van der Waals surface area contributed by atoms with Crippen molar-refractivity contribution in [1.82, 2.24) is 4.90 Å². The lowest BCUT2D eigenvalue weighted by Crippen LogP contribution is -2.39. The molecule has 1 rings (SSSR count). The molecule has 0 spiro atoms. The highest BCUT2D eigenvalue weighted by Gasteiger charge is 2.23. The Bertz CT molecular complexity index is 216. The van der Waals surface area contributed by atoms with Crippen LogP contribution in [0.3, 0.4) is 0 Å². The standard InChI is InChI=1S/C12H23NO2/c1-9(2)11(14)8-13-7-6-10(3)4-5-12(13)15/h9-11,14H,4-8H2,1-3H3. The van der Waals surface area contributed by atoms with Crippen LogP contribution in [0.15, 0.2) is 0 Å². The zero-order valence-corrected chi connectivity index (χ0v) is 10.1. The summed E-state index contributed by atoms with van der Waals surface area (Å²) in [6.45, 7) is 7.47. The average Bonchev–Trinajstić information content (AvgIpc) is 2.32. The number of rotatable bonds is 3. The van der Waals surface area contributed by atoms with E-state index in [2.05, 4.69) is 6.92 Å². The monoisotopic (exact) mass is 213 g/mol. The molecule has 1 fully saturated rings. The summed E-state index contributed by atoms with van der Waals surface area (Å²) in [5.74, 6) is 1.06. The van der Waals surface area contributed by atoms with Crippen LogP contribution in [-0.4, -0.2) is 35.1 Å². The van der Waals surface area contributed by atoms with E-state index in [0.29, 0.717) is 18.9 Å². The van der Waals surface area contributed by atoms with E-state index in [0.717, 1.165) is 19.4 Å². The molecule has 1 heterocycles. The maximum absolute atomic E-state index is 11.7. The third kappa shape index (κ3) is 3.82. The molecule has 1 N–H and O–H groups in total. The summed E-state index contributed by atoms with van der Waals surface area (Å²) >= 11 is 0. The van der Waals surface area contributed by atoms with Crippen molar-refractivity contribution in [3.63, 3.8) is 0 Å². The van der Waals surface area contributed by atoms with Crippen molar-refractivity contribution >= 4 is 5.91 Å². The Labute approximate surface area is 92.5 Å². The van der Waals surface area contributed by atoms with Crippen molar-refractivity contribution in [2.45, 2.75) is 46.1 Å². The van der Waals surface area contributed by atoms with Gasteiger partial charge in [-0.05, 0) is 24.7 Å². The van der Waals surface area contributed by atoms with Crippen LogP contribution in [0.25, 0.3) is 0 Å². The molecule has 2 unspecified atom stereocenters. The lowest BCUT2D eigenvalue weighted by molar-refractivity contribution is -0.132. The molecule has 3 heteroatoms. The molecule has 0 radical (unpaired) electrons. The summed E-state index contributed by atoms with van der Waals surface area (Å²) in [6, 6.07) is 0. The average molecular weight is 213 g/mol. The highest BCUT2D eigenvalue weighted by molar-refractivity contribution is 5.76. The number of β-amino-alcohol motifs (C(OH)–C–C–N with tert-alkyl or cyclic N) is 1. The number of amides is 1. The Morgan fingerprint density at radius 2 is 2.13 bits per heavy atom. The van der Waals surface area contributed by atoms with Gasteiger partial charge in [-0.3, -0.25) is 4.79 Å². The maximum atomic E-state index is 11.7. The molecule has 2 atom stereocenters. The molecular weight excluding hydrogens is 190 g/mol. The number of nitrogens with zero attached hydrogens (tertiary/aromatic N) is 1. The first-order chi connectivity index (χ1) is 7.00. The van der Waals surface area contributed by atoms with Gasteiger partial charge in [0.25, 0.3) is 0 Å². The first kappa shape index (κ1) is 12.5. The molecule has 1 aliphatic heterocycles. The third-order valence-corrected chi connectivity index (χ3v) is 3.27. The second-order valence-electron chi connectivity index (χ2n) is 5.08. The quantitative estimate of drug-likeness (QED) is 0.774. The van der Waals surface area contributed by atoms with E-state index in [1.54, 1.807) is 0 Å². The molecule has 88 valence electrons. The molecule has 1 amide bonds. The minimum atomic E-state index is -0.387. The van der Waals surface area contributed by atoms with Gasteiger partial charge in [0.2, 0.25) is 5.91 Å². The summed E-state index contributed by atoms with van der Waals surface area (Å²) in [4.78, 5) is 13.6. The SMILES string of the molecule is CC1CCC(=O)N(CC(O)C(C)C)CC1. The highest BCUT2D eigenvalue weighted by atomic mass is 16.3. The fourth-order valence-electron chi connectivity index (χ4n) is 1.80. The van der Waals surface area contributed by atoms with Crippen molar-refractivity contribution in [1.29, 1.82) is 0 Å². The van der Waals surface area contributed by atoms with E-state index < -0.39 is 0 Å². The number of carbonyl (C=O) groups excluding carboxylic acids is 1. The Morgan fingerprint density at radius 3 is 2.73 bits per heavy atom. The Kier molecular flexibility index (Phi) is 4.58. The number of aliphatic hydroxyl groups excluding tert-OH is 1. The van der Waals surface area contributed by atoms with E-state index in [4.69, 9.17) is 0 Å². The predicted octanol–water partition coefficient (Wildman–Crippen LogP) is 1.65. The molecule has 0 aromatic rings. The number of likely N-dealkylation sites (tertiary alicyclic amines) is 1. The lowest BCUT2D eigenvalue weighted by atomic mass is 10.0. The molecule has 0 aromatic carbocycles. The van der Waals surface area contributed by atoms with Gasteiger partial charge in [0.1, 0.15) is 0 Å². The fourth-order valence-corrected chi connectivity index (χ4v) is 1.80. The van der Waals surface area contributed by atoms with Crippen LogP contribution in [0.2, 0.25) is 0 Å². The normalized spacial score (nSPS) is 25.5. The summed E-state index contributed by atoms with van der Waals surface area (Å²) in [5.41, 5.74) is 0. The summed E-state index contributed by atoms with van der Waals surface area (Å²) < 4.78 is 0. The van der Waals surface area contributed by atoms with Gasteiger partial charge in [-0.25, -0.2) is 0 Å². The van der Waals surface area contributed by atoms with Gasteiger partial charge in [-0.15, -0.1) is 0 Å². The van der Waals surface area contributed by atoms with Crippen LogP contribution in [0.1, 0.15) is 40.0 Å².